The zero-order chi connectivity index (χ0) is 34.4. The lowest BCUT2D eigenvalue weighted by atomic mass is 9.88. The van der Waals surface area contributed by atoms with E-state index in [9.17, 15) is 0 Å². The van der Waals surface area contributed by atoms with E-state index in [2.05, 4.69) is 154 Å². The monoisotopic (exact) mass is 660 g/mol. The van der Waals surface area contributed by atoms with E-state index in [4.69, 9.17) is 13.8 Å². The highest BCUT2D eigenvalue weighted by atomic mass is 16.3. The van der Waals surface area contributed by atoms with Crippen molar-refractivity contribution in [2.75, 3.05) is 0 Å². The van der Waals surface area contributed by atoms with Gasteiger partial charge in [0.15, 0.2) is 5.58 Å². The molecule has 246 valence electrons. The predicted molar refractivity (Wildman–Crippen MR) is 212 cm³/mol. The molecule has 10 rings (SSSR count). The molecule has 0 aliphatic carbocycles. The Morgan fingerprint density at radius 1 is 0.549 bits per heavy atom. The van der Waals surface area contributed by atoms with Gasteiger partial charge in [-0.15, -0.1) is 0 Å². The Balaban J connectivity index is 1.32. The van der Waals surface area contributed by atoms with Crippen LogP contribution in [0.5, 0.6) is 0 Å². The number of imidazole rings is 1. The topological polar surface area (TPSA) is 44.1 Å². The molecule has 0 atom stereocenters. The summed E-state index contributed by atoms with van der Waals surface area (Å²) in [7, 11) is 0. The van der Waals surface area contributed by atoms with Crippen LogP contribution in [0.1, 0.15) is 50.7 Å². The van der Waals surface area contributed by atoms with Gasteiger partial charge in [-0.1, -0.05) is 107 Å². The van der Waals surface area contributed by atoms with E-state index in [1.165, 1.54) is 43.8 Å². The fourth-order valence-corrected chi connectivity index (χ4v) is 8.07. The highest BCUT2D eigenvalue weighted by Crippen LogP contribution is 2.44. The number of hydrogen-bond donors (Lipinski definition) is 0. The van der Waals surface area contributed by atoms with Gasteiger partial charge in [0.05, 0.1) is 23.0 Å². The summed E-state index contributed by atoms with van der Waals surface area (Å²) in [5, 5.41) is 8.06. The zero-order valence-electron chi connectivity index (χ0n) is 29.1. The van der Waals surface area contributed by atoms with Gasteiger partial charge in [0.2, 0.25) is 0 Å². The van der Waals surface area contributed by atoms with Gasteiger partial charge >= 0.3 is 0 Å². The van der Waals surface area contributed by atoms with Gasteiger partial charge in [0.25, 0.3) is 0 Å². The van der Waals surface area contributed by atoms with E-state index in [0.717, 1.165) is 61.0 Å². The fraction of sp³-hybridized carbons (Fsp3) is 0.128. The van der Waals surface area contributed by atoms with Gasteiger partial charge in [-0.2, -0.15) is 0 Å². The lowest BCUT2D eigenvalue weighted by Gasteiger charge is -2.24. The number of para-hydroxylation sites is 1. The van der Waals surface area contributed by atoms with Gasteiger partial charge in [-0.3, -0.25) is 4.57 Å². The molecule has 0 N–H and O–H groups in total. The summed E-state index contributed by atoms with van der Waals surface area (Å²) >= 11 is 0. The van der Waals surface area contributed by atoms with Gasteiger partial charge in [0.1, 0.15) is 22.5 Å². The molecule has 0 bridgehead atoms. The van der Waals surface area contributed by atoms with Crippen LogP contribution in [-0.4, -0.2) is 9.55 Å². The first-order chi connectivity index (χ1) is 24.9. The number of nitrogens with zero attached hydrogens (tertiary/aromatic N) is 2. The lowest BCUT2D eigenvalue weighted by molar-refractivity contribution is 0.617. The second-order valence-corrected chi connectivity index (χ2v) is 14.4. The minimum absolute atomic E-state index is 0.242. The van der Waals surface area contributed by atoms with E-state index in [-0.39, 0.29) is 11.8 Å². The number of rotatable bonds is 5. The Kier molecular flexibility index (Phi) is 6.53. The Bertz CT molecular complexity index is 2950. The summed E-state index contributed by atoms with van der Waals surface area (Å²) in [4.78, 5) is 5.43. The van der Waals surface area contributed by atoms with Gasteiger partial charge in [-0.25, -0.2) is 4.98 Å². The Morgan fingerprint density at radius 3 is 2.08 bits per heavy atom. The molecule has 4 heteroatoms. The van der Waals surface area contributed by atoms with Crippen LogP contribution in [0.2, 0.25) is 0 Å². The molecule has 0 spiro atoms. The minimum atomic E-state index is 0.242. The summed E-state index contributed by atoms with van der Waals surface area (Å²) in [6.45, 7) is 9.14. The van der Waals surface area contributed by atoms with Crippen molar-refractivity contribution in [2.24, 2.45) is 0 Å². The first kappa shape index (κ1) is 29.8. The smallest absolute Gasteiger partial charge is 0.160 e. The average molecular weight is 661 g/mol. The quantitative estimate of drug-likeness (QED) is 0.173. The molecule has 0 amide bonds. The predicted octanol–water partition coefficient (Wildman–Crippen LogP) is 13.6. The van der Waals surface area contributed by atoms with Crippen LogP contribution >= 0.6 is 0 Å². The summed E-state index contributed by atoms with van der Waals surface area (Å²) in [6, 6.07) is 45.6. The molecule has 0 aliphatic rings. The van der Waals surface area contributed by atoms with Crippen molar-refractivity contribution in [1.29, 1.82) is 0 Å². The van der Waals surface area contributed by atoms with Crippen molar-refractivity contribution >= 4 is 65.5 Å². The van der Waals surface area contributed by atoms with E-state index in [1.54, 1.807) is 6.26 Å². The molecule has 0 radical (unpaired) electrons. The van der Waals surface area contributed by atoms with Crippen LogP contribution < -0.4 is 0 Å². The van der Waals surface area contributed by atoms with Gasteiger partial charge < -0.3 is 8.83 Å². The van der Waals surface area contributed by atoms with Crippen LogP contribution in [0, 0.1) is 0 Å². The first-order valence-corrected chi connectivity index (χ1v) is 17.8. The number of fused-ring (bicyclic) bond motifs is 9. The van der Waals surface area contributed by atoms with Crippen molar-refractivity contribution in [3.8, 4) is 28.2 Å². The summed E-state index contributed by atoms with van der Waals surface area (Å²) in [5.74, 6) is 1.32. The van der Waals surface area contributed by atoms with Crippen LogP contribution in [0.4, 0.5) is 0 Å². The molecule has 3 aromatic heterocycles. The average Bonchev–Trinajstić information content (AvgIpc) is 3.89. The molecular weight excluding hydrogens is 625 g/mol. The maximum Gasteiger partial charge on any atom is 0.160 e. The minimum Gasteiger partial charge on any atom is -0.462 e. The Morgan fingerprint density at radius 2 is 1.27 bits per heavy atom. The number of benzene rings is 7. The molecule has 4 nitrogen and oxygen atoms in total. The Labute approximate surface area is 295 Å². The molecule has 0 unspecified atom stereocenters. The molecule has 0 fully saturated rings. The largest absolute Gasteiger partial charge is 0.462 e. The maximum atomic E-state index is 6.91. The highest BCUT2D eigenvalue weighted by molar-refractivity contribution is 6.17. The van der Waals surface area contributed by atoms with Crippen molar-refractivity contribution in [2.45, 2.75) is 39.5 Å². The third-order valence-electron chi connectivity index (χ3n) is 10.6. The van der Waals surface area contributed by atoms with Crippen LogP contribution in [-0.2, 0) is 0 Å². The molecular formula is C47H36N2O2. The second-order valence-electron chi connectivity index (χ2n) is 14.4. The zero-order valence-corrected chi connectivity index (χ0v) is 29.1. The second kappa shape index (κ2) is 11.2. The third kappa shape index (κ3) is 4.49. The molecule has 0 saturated heterocycles. The SMILES string of the molecule is CC(C)c1cc(-c2ccccc2)cc(C(C)C)c1-n1c(-c2cccc3c2oc2cc4c(ccc5ccccc54)cc23)nc2ccc3ccoc3c21. The lowest BCUT2D eigenvalue weighted by Crippen LogP contribution is -2.09. The van der Waals surface area contributed by atoms with Gasteiger partial charge in [0, 0.05) is 16.2 Å². The first-order valence-electron chi connectivity index (χ1n) is 17.8. The van der Waals surface area contributed by atoms with Crippen molar-refractivity contribution in [3.05, 3.63) is 145 Å². The molecule has 3 heterocycles. The normalized spacial score (nSPS) is 12.3. The molecule has 0 aliphatic heterocycles. The molecule has 10 aromatic rings. The van der Waals surface area contributed by atoms with E-state index >= 15 is 0 Å². The number of aromatic nitrogens is 2. The highest BCUT2D eigenvalue weighted by Gasteiger charge is 2.27. The van der Waals surface area contributed by atoms with Crippen LogP contribution in [0.25, 0.3) is 93.7 Å². The van der Waals surface area contributed by atoms with E-state index in [1.807, 2.05) is 6.07 Å². The van der Waals surface area contributed by atoms with Crippen LogP contribution in [0.15, 0.2) is 142 Å². The molecule has 7 aromatic carbocycles. The van der Waals surface area contributed by atoms with Crippen molar-refractivity contribution in [1.82, 2.24) is 9.55 Å². The van der Waals surface area contributed by atoms with Crippen molar-refractivity contribution in [3.63, 3.8) is 0 Å². The van der Waals surface area contributed by atoms with E-state index in [0.29, 0.717) is 0 Å². The van der Waals surface area contributed by atoms with Gasteiger partial charge in [-0.05, 0) is 104 Å². The summed E-state index contributed by atoms with van der Waals surface area (Å²) in [6.07, 6.45) is 1.78. The Hall–Kier alpha value is -6.13. The fourth-order valence-electron chi connectivity index (χ4n) is 8.07. The van der Waals surface area contributed by atoms with Crippen molar-refractivity contribution < 1.29 is 8.83 Å². The van der Waals surface area contributed by atoms with Crippen LogP contribution in [0.3, 0.4) is 0 Å². The van der Waals surface area contributed by atoms with E-state index < -0.39 is 0 Å². The number of hydrogen-bond acceptors (Lipinski definition) is 3. The third-order valence-corrected chi connectivity index (χ3v) is 10.6. The summed E-state index contributed by atoms with van der Waals surface area (Å²) < 4.78 is 15.5. The summed E-state index contributed by atoms with van der Waals surface area (Å²) in [5.41, 5.74) is 11.5. The standard InChI is InChI=1S/C47H36N2O2/c1-27(2)37-24-33(29-11-6-5-7-12-29)25-38(28(3)4)43(37)49-44-41(20-19-31-21-22-50-45(31)44)48-47(49)36-16-10-15-35-40-23-32-18-17-30-13-8-9-14-34(30)39(32)26-42(40)51-46(35)36/h5-28H,1-4H3. The molecule has 0 saturated carbocycles. The number of furan rings is 2. The molecule has 51 heavy (non-hydrogen) atoms. The maximum absolute atomic E-state index is 6.91.